The van der Waals surface area contributed by atoms with Crippen LogP contribution in [0.4, 0.5) is 0 Å². The molecule has 3 rings (SSSR count). The summed E-state index contributed by atoms with van der Waals surface area (Å²) in [6.45, 7) is 0.490. The van der Waals surface area contributed by atoms with Crippen molar-refractivity contribution in [2.24, 2.45) is 0 Å². The van der Waals surface area contributed by atoms with Crippen LogP contribution in [0.2, 0.25) is 0 Å². The summed E-state index contributed by atoms with van der Waals surface area (Å²) in [5, 5.41) is 9.32. The van der Waals surface area contributed by atoms with Gasteiger partial charge in [0.25, 0.3) is 0 Å². The fourth-order valence-corrected chi connectivity index (χ4v) is 2.38. The normalized spacial score (nSPS) is 15.6. The van der Waals surface area contributed by atoms with Crippen molar-refractivity contribution in [1.29, 1.82) is 0 Å². The number of ether oxygens (including phenoxy) is 1. The van der Waals surface area contributed by atoms with E-state index in [4.69, 9.17) is 4.74 Å². The maximum Gasteiger partial charge on any atom is 0.314 e. The van der Waals surface area contributed by atoms with E-state index in [9.17, 15) is 9.90 Å². The second kappa shape index (κ2) is 5.00. The first-order valence-electron chi connectivity index (χ1n) is 6.71. The lowest BCUT2D eigenvalue weighted by Crippen LogP contribution is -2.19. The minimum absolute atomic E-state index is 0.490. The third-order valence-electron chi connectivity index (χ3n) is 3.79. The quantitative estimate of drug-likeness (QED) is 0.904. The fourth-order valence-electron chi connectivity index (χ4n) is 2.38. The van der Waals surface area contributed by atoms with Crippen molar-refractivity contribution in [3.05, 3.63) is 65.7 Å². The summed E-state index contributed by atoms with van der Waals surface area (Å²) >= 11 is 0. The highest BCUT2D eigenvalue weighted by Crippen LogP contribution is 2.49. The second-order valence-electron chi connectivity index (χ2n) is 5.19. The fraction of sp³-hybridized carbons (Fsp3) is 0.235. The summed E-state index contributed by atoms with van der Waals surface area (Å²) in [4.78, 5) is 11.3. The van der Waals surface area contributed by atoms with Gasteiger partial charge in [-0.2, -0.15) is 0 Å². The summed E-state index contributed by atoms with van der Waals surface area (Å²) < 4.78 is 5.74. The molecule has 0 unspecified atom stereocenters. The van der Waals surface area contributed by atoms with E-state index in [1.165, 1.54) is 0 Å². The van der Waals surface area contributed by atoms with Gasteiger partial charge in [-0.25, -0.2) is 0 Å². The molecule has 0 amide bonds. The Morgan fingerprint density at radius 1 is 1.10 bits per heavy atom. The van der Waals surface area contributed by atoms with Crippen LogP contribution < -0.4 is 4.74 Å². The summed E-state index contributed by atoms with van der Waals surface area (Å²) in [5.41, 5.74) is 1.26. The number of carboxylic acids is 1. The van der Waals surface area contributed by atoms with Gasteiger partial charge in [0.15, 0.2) is 0 Å². The van der Waals surface area contributed by atoms with Crippen molar-refractivity contribution in [2.45, 2.75) is 24.9 Å². The molecule has 0 bridgehead atoms. The minimum Gasteiger partial charge on any atom is -0.489 e. The number of aliphatic carboxylic acids is 1. The van der Waals surface area contributed by atoms with Crippen molar-refractivity contribution in [3.8, 4) is 5.75 Å². The highest BCUT2D eigenvalue weighted by Gasteiger charge is 2.51. The summed E-state index contributed by atoms with van der Waals surface area (Å²) in [6, 6.07) is 17.4. The molecule has 0 heterocycles. The van der Waals surface area contributed by atoms with Crippen molar-refractivity contribution in [2.75, 3.05) is 0 Å². The Morgan fingerprint density at radius 3 is 2.50 bits per heavy atom. The molecule has 0 radical (unpaired) electrons. The van der Waals surface area contributed by atoms with Gasteiger partial charge >= 0.3 is 5.97 Å². The molecule has 3 heteroatoms. The maximum atomic E-state index is 11.3. The lowest BCUT2D eigenvalue weighted by Gasteiger charge is -2.12. The Morgan fingerprint density at radius 2 is 1.85 bits per heavy atom. The molecule has 1 aliphatic rings. The molecule has 1 N–H and O–H groups in total. The molecule has 1 saturated carbocycles. The molecular formula is C17H16O3. The Balaban J connectivity index is 1.74. The number of hydrogen-bond donors (Lipinski definition) is 1. The Kier molecular flexibility index (Phi) is 3.18. The number of carboxylic acid groups (broad SMARTS) is 1. The smallest absolute Gasteiger partial charge is 0.314 e. The van der Waals surface area contributed by atoms with Crippen LogP contribution in [0.15, 0.2) is 54.6 Å². The van der Waals surface area contributed by atoms with Crippen LogP contribution in [0.3, 0.4) is 0 Å². The van der Waals surface area contributed by atoms with E-state index in [2.05, 4.69) is 0 Å². The van der Waals surface area contributed by atoms with Crippen LogP contribution in [-0.2, 0) is 16.8 Å². The zero-order valence-corrected chi connectivity index (χ0v) is 11.1. The molecular weight excluding hydrogens is 252 g/mol. The molecule has 2 aromatic rings. The van der Waals surface area contributed by atoms with E-state index < -0.39 is 11.4 Å². The molecule has 0 spiro atoms. The first-order valence-corrected chi connectivity index (χ1v) is 6.71. The van der Waals surface area contributed by atoms with Crippen molar-refractivity contribution < 1.29 is 14.6 Å². The highest BCUT2D eigenvalue weighted by molar-refractivity contribution is 5.85. The zero-order chi connectivity index (χ0) is 14.0. The van der Waals surface area contributed by atoms with Gasteiger partial charge in [0, 0.05) is 0 Å². The molecule has 0 aromatic heterocycles. The molecule has 3 nitrogen and oxygen atoms in total. The van der Waals surface area contributed by atoms with Crippen LogP contribution in [0.25, 0.3) is 0 Å². The molecule has 102 valence electrons. The summed E-state index contributed by atoms with van der Waals surface area (Å²) in [5.74, 6) is -0.0170. The summed E-state index contributed by atoms with van der Waals surface area (Å²) in [7, 11) is 0. The van der Waals surface area contributed by atoms with Gasteiger partial charge in [0.2, 0.25) is 0 Å². The van der Waals surface area contributed by atoms with Crippen LogP contribution >= 0.6 is 0 Å². The average Bonchev–Trinajstić information content (AvgIpc) is 3.28. The van der Waals surface area contributed by atoms with Crippen LogP contribution in [0.5, 0.6) is 5.75 Å². The second-order valence-corrected chi connectivity index (χ2v) is 5.19. The molecule has 0 aliphatic heterocycles. The lowest BCUT2D eigenvalue weighted by molar-refractivity contribution is -0.140. The van der Waals surface area contributed by atoms with Gasteiger partial charge in [-0.1, -0.05) is 42.5 Å². The van der Waals surface area contributed by atoms with Crippen molar-refractivity contribution in [3.63, 3.8) is 0 Å². The third kappa shape index (κ3) is 2.39. The number of rotatable bonds is 5. The zero-order valence-electron chi connectivity index (χ0n) is 11.1. The highest BCUT2D eigenvalue weighted by atomic mass is 16.5. The first-order chi connectivity index (χ1) is 9.71. The molecule has 2 aromatic carbocycles. The maximum absolute atomic E-state index is 11.3. The summed E-state index contributed by atoms with van der Waals surface area (Å²) in [6.07, 6.45) is 1.43. The van der Waals surface area contributed by atoms with E-state index in [1.54, 1.807) is 0 Å². The molecule has 1 aliphatic carbocycles. The van der Waals surface area contributed by atoms with Gasteiger partial charge in [0.05, 0.1) is 5.41 Å². The van der Waals surface area contributed by atoms with E-state index in [-0.39, 0.29) is 0 Å². The van der Waals surface area contributed by atoms with Gasteiger partial charge < -0.3 is 9.84 Å². The topological polar surface area (TPSA) is 46.5 Å². The Hall–Kier alpha value is -2.29. The SMILES string of the molecule is O=C(O)C1(c2cccc(OCc3ccccc3)c2)CC1. The largest absolute Gasteiger partial charge is 0.489 e. The van der Waals surface area contributed by atoms with E-state index in [1.807, 2.05) is 54.6 Å². The first kappa shape index (κ1) is 12.7. The van der Waals surface area contributed by atoms with E-state index in [0.29, 0.717) is 19.4 Å². The Labute approximate surface area is 117 Å². The van der Waals surface area contributed by atoms with Crippen molar-refractivity contribution in [1.82, 2.24) is 0 Å². The van der Waals surface area contributed by atoms with Crippen LogP contribution in [-0.4, -0.2) is 11.1 Å². The lowest BCUT2D eigenvalue weighted by atomic mass is 9.96. The van der Waals surface area contributed by atoms with E-state index >= 15 is 0 Å². The average molecular weight is 268 g/mol. The third-order valence-corrected chi connectivity index (χ3v) is 3.79. The molecule has 0 atom stereocenters. The number of benzene rings is 2. The van der Waals surface area contributed by atoms with Gasteiger partial charge in [-0.05, 0) is 36.1 Å². The van der Waals surface area contributed by atoms with E-state index in [0.717, 1.165) is 16.9 Å². The van der Waals surface area contributed by atoms with Gasteiger partial charge in [-0.3, -0.25) is 4.79 Å². The van der Waals surface area contributed by atoms with Gasteiger partial charge in [0.1, 0.15) is 12.4 Å². The molecule has 20 heavy (non-hydrogen) atoms. The van der Waals surface area contributed by atoms with Crippen molar-refractivity contribution >= 4 is 5.97 Å². The standard InChI is InChI=1S/C17H16O3/c18-16(19)17(9-10-17)14-7-4-8-15(11-14)20-12-13-5-2-1-3-6-13/h1-8,11H,9-10,12H2,(H,18,19). The number of hydrogen-bond acceptors (Lipinski definition) is 2. The van der Waals surface area contributed by atoms with Crippen LogP contribution in [0, 0.1) is 0 Å². The molecule has 1 fully saturated rings. The predicted octanol–water partition coefficient (Wildman–Crippen LogP) is 3.38. The monoisotopic (exact) mass is 268 g/mol. The predicted molar refractivity (Wildman–Crippen MR) is 75.8 cm³/mol. The number of carbonyl (C=O) groups is 1. The minimum atomic E-state index is -0.738. The van der Waals surface area contributed by atoms with Gasteiger partial charge in [-0.15, -0.1) is 0 Å². The van der Waals surface area contributed by atoms with Crippen LogP contribution in [0.1, 0.15) is 24.0 Å². The Bertz CT molecular complexity index is 615. The molecule has 0 saturated heterocycles.